The molecule has 0 saturated carbocycles. The molecule has 2 N–H and O–H groups in total. The van der Waals surface area contributed by atoms with Gasteiger partial charge in [-0.25, -0.2) is 4.99 Å². The Bertz CT molecular complexity index is 1100. The average Bonchev–Trinajstić information content (AvgIpc) is 3.30. The molecule has 1 aromatic carbocycles. The zero-order chi connectivity index (χ0) is 19.7. The lowest BCUT2D eigenvalue weighted by Crippen LogP contribution is -2.14. The van der Waals surface area contributed by atoms with Crippen LogP contribution in [0.2, 0.25) is 0 Å². The summed E-state index contributed by atoms with van der Waals surface area (Å²) >= 11 is 1.49. The maximum atomic E-state index is 11.9. The molecule has 0 saturated heterocycles. The third-order valence-corrected chi connectivity index (χ3v) is 5.90. The van der Waals surface area contributed by atoms with Crippen molar-refractivity contribution >= 4 is 34.1 Å². The number of rotatable bonds is 5. The number of hydrogen-bond acceptors (Lipinski definition) is 6. The molecule has 0 bridgehead atoms. The second kappa shape index (κ2) is 7.40. The van der Waals surface area contributed by atoms with Gasteiger partial charge >= 0.3 is 0 Å². The Morgan fingerprint density at radius 3 is 2.79 bits per heavy atom. The van der Waals surface area contributed by atoms with Crippen LogP contribution in [-0.2, 0) is 12.8 Å². The third-order valence-electron chi connectivity index (χ3n) is 4.70. The molecular weight excluding hydrogens is 378 g/mol. The molecule has 0 radical (unpaired) electrons. The van der Waals surface area contributed by atoms with Gasteiger partial charge in [-0.15, -0.1) is 11.3 Å². The van der Waals surface area contributed by atoms with Gasteiger partial charge < -0.3 is 10.2 Å². The molecule has 142 valence electrons. The fourth-order valence-corrected chi connectivity index (χ4v) is 4.67. The molecule has 28 heavy (non-hydrogen) atoms. The van der Waals surface area contributed by atoms with Gasteiger partial charge in [0.2, 0.25) is 0 Å². The summed E-state index contributed by atoms with van der Waals surface area (Å²) in [6, 6.07) is 9.74. The van der Waals surface area contributed by atoms with Crippen molar-refractivity contribution in [3.63, 3.8) is 0 Å². The number of thiophene rings is 1. The van der Waals surface area contributed by atoms with E-state index in [2.05, 4.69) is 4.99 Å². The molecule has 0 atom stereocenters. The molecule has 7 nitrogen and oxygen atoms in total. The molecule has 1 aliphatic carbocycles. The van der Waals surface area contributed by atoms with E-state index in [9.17, 15) is 14.9 Å². The van der Waals surface area contributed by atoms with Crippen molar-refractivity contribution < 1.29 is 14.1 Å². The number of furan rings is 1. The fraction of sp³-hybridized carbons (Fsp3) is 0.200. The molecule has 3 aromatic rings. The molecular formula is C20H17N3O4S. The molecule has 1 aliphatic rings. The Morgan fingerprint density at radius 2 is 2.00 bits per heavy atom. The smallest absolute Gasteiger partial charge is 0.280 e. The van der Waals surface area contributed by atoms with Crippen molar-refractivity contribution in [1.82, 2.24) is 0 Å². The summed E-state index contributed by atoms with van der Waals surface area (Å²) in [4.78, 5) is 28.3. The number of hydrogen-bond donors (Lipinski definition) is 1. The van der Waals surface area contributed by atoms with E-state index in [0.29, 0.717) is 27.6 Å². The predicted octanol–water partition coefficient (Wildman–Crippen LogP) is 4.64. The second-order valence-electron chi connectivity index (χ2n) is 6.49. The van der Waals surface area contributed by atoms with Crippen LogP contribution >= 0.6 is 11.3 Å². The number of amides is 1. The second-order valence-corrected chi connectivity index (χ2v) is 7.57. The van der Waals surface area contributed by atoms with E-state index in [-0.39, 0.29) is 5.69 Å². The molecule has 2 heterocycles. The fourth-order valence-electron chi connectivity index (χ4n) is 3.43. The minimum absolute atomic E-state index is 0.0257. The van der Waals surface area contributed by atoms with Gasteiger partial charge in [-0.05, 0) is 49.4 Å². The first-order valence-electron chi connectivity index (χ1n) is 8.86. The summed E-state index contributed by atoms with van der Waals surface area (Å²) in [7, 11) is 0. The van der Waals surface area contributed by atoms with Crippen molar-refractivity contribution in [2.75, 3.05) is 0 Å². The predicted molar refractivity (Wildman–Crippen MR) is 108 cm³/mol. The first-order valence-corrected chi connectivity index (χ1v) is 9.68. The Kier molecular flexibility index (Phi) is 4.79. The summed E-state index contributed by atoms with van der Waals surface area (Å²) < 4.78 is 5.72. The van der Waals surface area contributed by atoms with E-state index in [1.165, 1.54) is 28.5 Å². The highest BCUT2D eigenvalue weighted by Crippen LogP contribution is 2.39. The lowest BCUT2D eigenvalue weighted by atomic mass is 9.95. The number of aliphatic imine (C=N–C) groups is 1. The lowest BCUT2D eigenvalue weighted by Gasteiger charge is -2.10. The summed E-state index contributed by atoms with van der Waals surface area (Å²) in [6.07, 6.45) is 5.46. The van der Waals surface area contributed by atoms with Crippen molar-refractivity contribution in [3.05, 3.63) is 68.3 Å². The highest BCUT2D eigenvalue weighted by molar-refractivity contribution is 7.16. The third kappa shape index (κ3) is 3.34. The van der Waals surface area contributed by atoms with Crippen molar-refractivity contribution in [3.8, 4) is 11.3 Å². The van der Waals surface area contributed by atoms with Crippen molar-refractivity contribution in [1.29, 1.82) is 0 Å². The number of para-hydroxylation sites is 1. The number of primary amides is 1. The standard InChI is InChI=1S/C20H17N3O4S/c21-19(24)18-14-6-2-4-8-17(14)28-20(18)22-11-12-9-10-16(27-12)13-5-1-3-7-15(13)23(25)26/h1,3,5,7,9-11H,2,4,6,8H2,(H2,21,24). The maximum absolute atomic E-state index is 11.9. The number of nitrogens with zero attached hydrogens (tertiary/aromatic N) is 2. The van der Waals surface area contributed by atoms with Gasteiger partial charge in [0.15, 0.2) is 0 Å². The summed E-state index contributed by atoms with van der Waals surface area (Å²) in [6.45, 7) is 0. The number of nitro groups is 1. The molecule has 0 aliphatic heterocycles. The van der Waals surface area contributed by atoms with Crippen LogP contribution in [0.25, 0.3) is 11.3 Å². The van der Waals surface area contributed by atoms with Gasteiger partial charge in [-0.1, -0.05) is 12.1 Å². The molecule has 4 rings (SSSR count). The van der Waals surface area contributed by atoms with E-state index in [1.807, 2.05) is 0 Å². The minimum atomic E-state index is -0.466. The Labute approximate surface area is 164 Å². The summed E-state index contributed by atoms with van der Waals surface area (Å²) in [5.74, 6) is 0.357. The number of fused-ring (bicyclic) bond motifs is 1. The SMILES string of the molecule is NC(=O)c1c(N=Cc2ccc(-c3ccccc3[N+](=O)[O-])o2)sc2c1CCCC2. The van der Waals surface area contributed by atoms with Gasteiger partial charge in [0.1, 0.15) is 16.5 Å². The largest absolute Gasteiger partial charge is 0.455 e. The van der Waals surface area contributed by atoms with Gasteiger partial charge in [-0.2, -0.15) is 0 Å². The van der Waals surface area contributed by atoms with E-state index in [4.69, 9.17) is 10.2 Å². The van der Waals surface area contributed by atoms with E-state index < -0.39 is 10.8 Å². The minimum Gasteiger partial charge on any atom is -0.455 e. The van der Waals surface area contributed by atoms with E-state index in [0.717, 1.165) is 31.2 Å². The van der Waals surface area contributed by atoms with Gasteiger partial charge in [-0.3, -0.25) is 14.9 Å². The number of carbonyl (C=O) groups is 1. The molecule has 8 heteroatoms. The highest BCUT2D eigenvalue weighted by atomic mass is 32.1. The van der Waals surface area contributed by atoms with Crippen molar-refractivity contribution in [2.24, 2.45) is 10.7 Å². The zero-order valence-electron chi connectivity index (χ0n) is 14.9. The van der Waals surface area contributed by atoms with Crippen LogP contribution in [0.1, 0.15) is 39.4 Å². The molecule has 0 unspecified atom stereocenters. The number of benzene rings is 1. The Hall–Kier alpha value is -3.26. The normalized spacial score (nSPS) is 13.6. The average molecular weight is 395 g/mol. The molecule has 2 aromatic heterocycles. The van der Waals surface area contributed by atoms with Crippen LogP contribution in [0.3, 0.4) is 0 Å². The highest BCUT2D eigenvalue weighted by Gasteiger charge is 2.23. The maximum Gasteiger partial charge on any atom is 0.280 e. The van der Waals surface area contributed by atoms with Gasteiger partial charge in [0.25, 0.3) is 11.6 Å². The Morgan fingerprint density at radius 1 is 1.21 bits per heavy atom. The first kappa shape index (κ1) is 18.1. The van der Waals surface area contributed by atoms with Crippen LogP contribution in [-0.4, -0.2) is 17.0 Å². The molecule has 1 amide bonds. The Balaban J connectivity index is 1.65. The van der Waals surface area contributed by atoms with Crippen LogP contribution in [0.15, 0.2) is 45.8 Å². The van der Waals surface area contributed by atoms with Crippen LogP contribution in [0.4, 0.5) is 10.7 Å². The monoisotopic (exact) mass is 395 g/mol. The van der Waals surface area contributed by atoms with Gasteiger partial charge in [0, 0.05) is 10.9 Å². The van der Waals surface area contributed by atoms with E-state index in [1.54, 1.807) is 30.3 Å². The molecule has 0 fully saturated rings. The summed E-state index contributed by atoms with van der Waals surface area (Å²) in [5, 5.41) is 11.8. The van der Waals surface area contributed by atoms with Crippen LogP contribution in [0, 0.1) is 10.1 Å². The zero-order valence-corrected chi connectivity index (χ0v) is 15.7. The van der Waals surface area contributed by atoms with Crippen LogP contribution < -0.4 is 5.73 Å². The number of carbonyl (C=O) groups excluding carboxylic acids is 1. The van der Waals surface area contributed by atoms with E-state index >= 15 is 0 Å². The lowest BCUT2D eigenvalue weighted by molar-refractivity contribution is -0.384. The molecule has 0 spiro atoms. The topological polar surface area (TPSA) is 112 Å². The number of nitro benzene ring substituents is 1. The number of aryl methyl sites for hydroxylation is 1. The van der Waals surface area contributed by atoms with Crippen molar-refractivity contribution in [2.45, 2.75) is 25.7 Å². The van der Waals surface area contributed by atoms with Gasteiger partial charge in [0.05, 0.1) is 22.3 Å². The number of nitrogens with two attached hydrogens (primary N) is 1. The summed E-state index contributed by atoms with van der Waals surface area (Å²) in [5.41, 5.74) is 7.48. The van der Waals surface area contributed by atoms with Crippen LogP contribution in [0.5, 0.6) is 0 Å². The quantitative estimate of drug-likeness (QED) is 0.385. The first-order chi connectivity index (χ1) is 13.5.